The molecule has 418 valence electrons. The van der Waals surface area contributed by atoms with Crippen molar-refractivity contribution < 1.29 is 8.83 Å². The lowest BCUT2D eigenvalue weighted by molar-refractivity contribution is 0.672. The minimum atomic E-state index is 0.910. The van der Waals surface area contributed by atoms with E-state index in [0.29, 0.717) is 0 Å². The van der Waals surface area contributed by atoms with Gasteiger partial charge in [-0.15, -0.1) is 0 Å². The third kappa shape index (κ3) is 8.41. The summed E-state index contributed by atoms with van der Waals surface area (Å²) >= 11 is 0. The highest BCUT2D eigenvalue weighted by atomic mass is 16.3. The van der Waals surface area contributed by atoms with Gasteiger partial charge in [-0.1, -0.05) is 273 Å². The van der Waals surface area contributed by atoms with Gasteiger partial charge < -0.3 is 8.83 Å². The predicted octanol–water partition coefficient (Wildman–Crippen LogP) is 25.2. The number of fused-ring (bicyclic) bond motifs is 15. The molecule has 0 unspecified atom stereocenters. The van der Waals surface area contributed by atoms with Crippen molar-refractivity contribution in [3.63, 3.8) is 0 Å². The van der Waals surface area contributed by atoms with Gasteiger partial charge in [-0.2, -0.15) is 0 Å². The van der Waals surface area contributed by atoms with Gasteiger partial charge in [0, 0.05) is 32.3 Å². The van der Waals surface area contributed by atoms with E-state index in [0.717, 1.165) is 54.6 Å². The van der Waals surface area contributed by atoms with Crippen LogP contribution in [0.3, 0.4) is 0 Å². The number of rotatable bonds is 6. The van der Waals surface area contributed by atoms with Gasteiger partial charge in [0.15, 0.2) is 0 Å². The third-order valence-corrected chi connectivity index (χ3v) is 18.7. The first-order chi connectivity index (χ1) is 44.6. The van der Waals surface area contributed by atoms with Crippen LogP contribution in [0.5, 0.6) is 0 Å². The summed E-state index contributed by atoms with van der Waals surface area (Å²) in [7, 11) is 0. The van der Waals surface area contributed by atoms with Crippen molar-refractivity contribution in [2.75, 3.05) is 0 Å². The molecular formula is C88H54O2. The van der Waals surface area contributed by atoms with Gasteiger partial charge in [0.1, 0.15) is 22.3 Å². The molecule has 90 heavy (non-hydrogen) atoms. The molecule has 0 saturated heterocycles. The molecule has 0 N–H and O–H groups in total. The van der Waals surface area contributed by atoms with E-state index in [1.165, 1.54) is 131 Å². The van der Waals surface area contributed by atoms with Gasteiger partial charge in [-0.3, -0.25) is 0 Å². The average Bonchev–Trinajstić information content (AvgIpc) is 0.983. The molecule has 0 radical (unpaired) electrons. The fourth-order valence-corrected chi connectivity index (χ4v) is 14.5. The smallest absolute Gasteiger partial charge is 0.143 e. The molecule has 0 aliphatic heterocycles. The molecule has 17 aromatic carbocycles. The first-order valence-corrected chi connectivity index (χ1v) is 30.9. The summed E-state index contributed by atoms with van der Waals surface area (Å²) in [5.41, 5.74) is 18.5. The molecule has 0 bridgehead atoms. The monoisotopic (exact) mass is 1140 g/mol. The molecule has 0 atom stereocenters. The zero-order chi connectivity index (χ0) is 59.2. The van der Waals surface area contributed by atoms with E-state index in [2.05, 4.69) is 328 Å². The molecular weight excluding hydrogens is 1090 g/mol. The van der Waals surface area contributed by atoms with Crippen LogP contribution in [-0.4, -0.2) is 0 Å². The molecule has 2 aromatic heterocycles. The van der Waals surface area contributed by atoms with E-state index < -0.39 is 0 Å². The lowest BCUT2D eigenvalue weighted by Gasteiger charge is -2.19. The zero-order valence-electron chi connectivity index (χ0n) is 49.0. The summed E-state index contributed by atoms with van der Waals surface area (Å²) in [5.74, 6) is 0. The van der Waals surface area contributed by atoms with Gasteiger partial charge >= 0.3 is 0 Å². The van der Waals surface area contributed by atoms with Crippen LogP contribution < -0.4 is 0 Å². The summed E-state index contributed by atoms with van der Waals surface area (Å²) in [5, 5.41) is 21.7. The summed E-state index contributed by atoms with van der Waals surface area (Å²) in [6, 6.07) is 118. The van der Waals surface area contributed by atoms with E-state index in [1.807, 2.05) is 0 Å². The summed E-state index contributed by atoms with van der Waals surface area (Å²) in [4.78, 5) is 0. The number of furan rings is 2. The Morgan fingerprint density at radius 3 is 0.911 bits per heavy atom. The number of hydrogen-bond donors (Lipinski definition) is 0. The van der Waals surface area contributed by atoms with E-state index in [-0.39, 0.29) is 0 Å². The standard InChI is InChI=1S/C46H28O.C42H26O/c1-2-12-31(13-3-1)44-37-16-8-9-17-38(37)45(39-23-21-34(27-42(39)44)33-19-18-29-10-4-5-14-32(29)26-33)35-22-25-43-41(28-35)40-24-20-30-11-6-7-15-36(30)46(40)47-43;1-3-11-27(12-4-1)30-20-22-35-38(25-30)40(29-14-5-2-6-15-29)33-17-9-10-18-34(33)41(35)31-21-24-39-37(26-31)36-23-19-28-13-7-8-16-32(28)42(36)43-39/h1-28H;1-26H. The van der Waals surface area contributed by atoms with E-state index in [4.69, 9.17) is 8.83 Å². The highest BCUT2D eigenvalue weighted by molar-refractivity contribution is 6.25. The highest BCUT2D eigenvalue weighted by Gasteiger charge is 2.22. The lowest BCUT2D eigenvalue weighted by Crippen LogP contribution is -1.91. The predicted molar refractivity (Wildman–Crippen MR) is 383 cm³/mol. The summed E-state index contributed by atoms with van der Waals surface area (Å²) in [6.07, 6.45) is 0. The Morgan fingerprint density at radius 1 is 0.144 bits per heavy atom. The number of hydrogen-bond acceptors (Lipinski definition) is 2. The Kier molecular flexibility index (Phi) is 12.0. The molecule has 0 fully saturated rings. The van der Waals surface area contributed by atoms with Crippen molar-refractivity contribution in [1.82, 2.24) is 0 Å². The van der Waals surface area contributed by atoms with E-state index >= 15 is 0 Å². The van der Waals surface area contributed by atoms with E-state index in [1.54, 1.807) is 0 Å². The average molecular weight is 1140 g/mol. The molecule has 19 rings (SSSR count). The van der Waals surface area contributed by atoms with Gasteiger partial charge in [-0.25, -0.2) is 0 Å². The topological polar surface area (TPSA) is 26.3 Å². The van der Waals surface area contributed by atoms with Crippen LogP contribution in [0.4, 0.5) is 0 Å². The maximum atomic E-state index is 6.50. The largest absolute Gasteiger partial charge is 0.455 e. The second-order valence-corrected chi connectivity index (χ2v) is 23.7. The van der Waals surface area contributed by atoms with Crippen LogP contribution in [0.1, 0.15) is 0 Å². The lowest BCUT2D eigenvalue weighted by atomic mass is 9.84. The molecule has 2 heterocycles. The molecule has 0 aliphatic rings. The van der Waals surface area contributed by atoms with Gasteiger partial charge in [-0.05, 0) is 186 Å². The fraction of sp³-hybridized carbons (Fsp3) is 0. The normalized spacial score (nSPS) is 11.8. The van der Waals surface area contributed by atoms with E-state index in [9.17, 15) is 0 Å². The van der Waals surface area contributed by atoms with Crippen LogP contribution in [-0.2, 0) is 0 Å². The second-order valence-electron chi connectivity index (χ2n) is 23.7. The van der Waals surface area contributed by atoms with Crippen LogP contribution >= 0.6 is 0 Å². The van der Waals surface area contributed by atoms with Crippen molar-refractivity contribution in [3.05, 3.63) is 328 Å². The van der Waals surface area contributed by atoms with Gasteiger partial charge in [0.05, 0.1) is 0 Å². The Balaban J connectivity index is 0.000000134. The SMILES string of the molecule is c1ccc(-c2c3ccccc3c(-c3ccc4oc5c6ccccc6ccc5c4c3)c3ccc(-c4ccc5ccccc5c4)cc23)cc1.c1ccc(-c2ccc3c(-c4ccc5oc6c7ccccc7ccc6c5c4)c4ccccc4c(-c4ccccc4)c3c2)cc1. The first kappa shape index (κ1) is 51.4. The Morgan fingerprint density at radius 2 is 0.444 bits per heavy atom. The molecule has 0 amide bonds. The van der Waals surface area contributed by atoms with Crippen LogP contribution in [0.25, 0.3) is 186 Å². The van der Waals surface area contributed by atoms with Crippen LogP contribution in [0, 0.1) is 0 Å². The molecule has 2 nitrogen and oxygen atoms in total. The zero-order valence-corrected chi connectivity index (χ0v) is 49.0. The number of benzene rings is 17. The minimum Gasteiger partial charge on any atom is -0.455 e. The summed E-state index contributed by atoms with van der Waals surface area (Å²) < 4.78 is 13.0. The Bertz CT molecular complexity index is 6070. The maximum Gasteiger partial charge on any atom is 0.143 e. The van der Waals surface area contributed by atoms with Crippen molar-refractivity contribution in [2.24, 2.45) is 0 Å². The molecule has 0 spiro atoms. The Hall–Kier alpha value is -11.8. The van der Waals surface area contributed by atoms with Crippen molar-refractivity contribution >= 4 is 119 Å². The molecule has 0 saturated carbocycles. The molecule has 2 heteroatoms. The van der Waals surface area contributed by atoms with Crippen molar-refractivity contribution in [3.8, 4) is 66.8 Å². The quantitative estimate of drug-likeness (QED) is 0.155. The van der Waals surface area contributed by atoms with Crippen LogP contribution in [0.15, 0.2) is 336 Å². The fourth-order valence-electron chi connectivity index (χ4n) is 14.5. The van der Waals surface area contributed by atoms with Gasteiger partial charge in [0.25, 0.3) is 0 Å². The first-order valence-electron chi connectivity index (χ1n) is 30.9. The highest BCUT2D eigenvalue weighted by Crippen LogP contribution is 2.49. The Labute approximate surface area is 519 Å². The van der Waals surface area contributed by atoms with Crippen molar-refractivity contribution in [2.45, 2.75) is 0 Å². The molecule has 0 aliphatic carbocycles. The van der Waals surface area contributed by atoms with Crippen molar-refractivity contribution in [1.29, 1.82) is 0 Å². The minimum absolute atomic E-state index is 0.910. The molecule has 19 aromatic rings. The summed E-state index contributed by atoms with van der Waals surface area (Å²) in [6.45, 7) is 0. The maximum absolute atomic E-state index is 6.50. The second kappa shape index (κ2) is 21.0. The van der Waals surface area contributed by atoms with Gasteiger partial charge in [0.2, 0.25) is 0 Å². The third-order valence-electron chi connectivity index (χ3n) is 18.7. The van der Waals surface area contributed by atoms with Crippen LogP contribution in [0.2, 0.25) is 0 Å².